The summed E-state index contributed by atoms with van der Waals surface area (Å²) in [7, 11) is 5.28. The number of nitrogens with zero attached hydrogens (tertiary/aromatic N) is 1. The van der Waals surface area contributed by atoms with Gasteiger partial charge >= 0.3 is 5.97 Å². The highest BCUT2D eigenvalue weighted by Crippen LogP contribution is 2.29. The zero-order valence-electron chi connectivity index (χ0n) is 10.2. The number of hydrogen-bond donors (Lipinski definition) is 1. The second-order valence-electron chi connectivity index (χ2n) is 4.71. The molecule has 0 heterocycles. The molecule has 1 rings (SSSR count). The average Bonchev–Trinajstić information content (AvgIpc) is 2.99. The van der Waals surface area contributed by atoms with Crippen LogP contribution in [0.4, 0.5) is 0 Å². The fourth-order valence-corrected chi connectivity index (χ4v) is 1.82. The van der Waals surface area contributed by atoms with Crippen LogP contribution < -0.4 is 5.32 Å². The van der Waals surface area contributed by atoms with Crippen molar-refractivity contribution >= 4 is 5.97 Å². The van der Waals surface area contributed by atoms with E-state index in [9.17, 15) is 4.79 Å². The van der Waals surface area contributed by atoms with Gasteiger partial charge in [0.25, 0.3) is 0 Å². The van der Waals surface area contributed by atoms with E-state index >= 15 is 0 Å². The Morgan fingerprint density at radius 1 is 1.60 bits per heavy atom. The summed E-state index contributed by atoms with van der Waals surface area (Å²) in [5.74, 6) is 0.640. The molecule has 1 N–H and O–H groups in total. The molecular formula is C11H22N2O2. The van der Waals surface area contributed by atoms with Crippen molar-refractivity contribution in [3.8, 4) is 0 Å². The summed E-state index contributed by atoms with van der Waals surface area (Å²) in [6.07, 6.45) is 2.66. The normalized spacial score (nSPS) is 20.1. The Bertz CT molecular complexity index is 229. The Kier molecular flexibility index (Phi) is 4.11. The zero-order chi connectivity index (χ0) is 11.5. The number of methoxy groups -OCH3 is 1. The summed E-state index contributed by atoms with van der Waals surface area (Å²) in [5, 5.41) is 3.04. The molecule has 15 heavy (non-hydrogen) atoms. The minimum Gasteiger partial charge on any atom is -0.468 e. The van der Waals surface area contributed by atoms with Crippen molar-refractivity contribution in [3.05, 3.63) is 0 Å². The Morgan fingerprint density at radius 2 is 2.20 bits per heavy atom. The smallest absolute Gasteiger partial charge is 0.327 e. The molecule has 0 aromatic rings. The lowest BCUT2D eigenvalue weighted by atomic mass is 10.0. The fourth-order valence-electron chi connectivity index (χ4n) is 1.82. The minimum atomic E-state index is -0.599. The molecular weight excluding hydrogens is 192 g/mol. The van der Waals surface area contributed by atoms with Crippen LogP contribution in [0.2, 0.25) is 0 Å². The number of hydrogen-bond acceptors (Lipinski definition) is 4. The first-order chi connectivity index (χ1) is 7.01. The molecule has 1 unspecified atom stereocenters. The summed E-state index contributed by atoms with van der Waals surface area (Å²) in [5.41, 5.74) is -0.599. The predicted molar refractivity (Wildman–Crippen MR) is 59.7 cm³/mol. The van der Waals surface area contributed by atoms with Crippen LogP contribution in [0.5, 0.6) is 0 Å². The van der Waals surface area contributed by atoms with Crippen LogP contribution in [0, 0.1) is 5.92 Å². The lowest BCUT2D eigenvalue weighted by Crippen LogP contribution is -2.55. The van der Waals surface area contributed by atoms with Crippen LogP contribution >= 0.6 is 0 Å². The molecule has 0 aliphatic heterocycles. The maximum absolute atomic E-state index is 11.6. The molecule has 1 aliphatic carbocycles. The highest BCUT2D eigenvalue weighted by molar-refractivity contribution is 5.80. The van der Waals surface area contributed by atoms with Gasteiger partial charge < -0.3 is 15.0 Å². The summed E-state index contributed by atoms with van der Waals surface area (Å²) < 4.78 is 4.80. The average molecular weight is 214 g/mol. The molecule has 4 nitrogen and oxygen atoms in total. The van der Waals surface area contributed by atoms with E-state index < -0.39 is 5.54 Å². The van der Waals surface area contributed by atoms with E-state index in [1.54, 1.807) is 7.05 Å². The fraction of sp³-hybridized carbons (Fsp3) is 0.909. The second-order valence-corrected chi connectivity index (χ2v) is 4.71. The Morgan fingerprint density at radius 3 is 2.60 bits per heavy atom. The number of esters is 1. The lowest BCUT2D eigenvalue weighted by molar-refractivity contribution is -0.148. The van der Waals surface area contributed by atoms with Crippen LogP contribution in [-0.2, 0) is 9.53 Å². The van der Waals surface area contributed by atoms with E-state index in [1.165, 1.54) is 20.0 Å². The third-order valence-electron chi connectivity index (χ3n) is 3.04. The maximum atomic E-state index is 11.6. The van der Waals surface area contributed by atoms with E-state index in [0.29, 0.717) is 6.54 Å². The van der Waals surface area contributed by atoms with E-state index in [-0.39, 0.29) is 5.97 Å². The van der Waals surface area contributed by atoms with Gasteiger partial charge in [-0.25, -0.2) is 0 Å². The SMILES string of the molecule is CNC(C)(CN(C)CC1CC1)C(=O)OC. The second kappa shape index (κ2) is 4.94. The van der Waals surface area contributed by atoms with Gasteiger partial charge in [0.1, 0.15) is 5.54 Å². The van der Waals surface area contributed by atoms with E-state index in [0.717, 1.165) is 12.5 Å². The molecule has 0 amide bonds. The van der Waals surface area contributed by atoms with Gasteiger partial charge in [-0.1, -0.05) is 0 Å². The van der Waals surface area contributed by atoms with Gasteiger partial charge in [-0.2, -0.15) is 0 Å². The van der Waals surface area contributed by atoms with Crippen molar-refractivity contribution in [3.63, 3.8) is 0 Å². The van der Waals surface area contributed by atoms with Crippen LogP contribution in [-0.4, -0.2) is 50.7 Å². The quantitative estimate of drug-likeness (QED) is 0.653. The molecule has 4 heteroatoms. The third-order valence-corrected chi connectivity index (χ3v) is 3.04. The van der Waals surface area contributed by atoms with Crippen molar-refractivity contribution < 1.29 is 9.53 Å². The monoisotopic (exact) mass is 214 g/mol. The number of carbonyl (C=O) groups is 1. The number of nitrogens with one attached hydrogen (secondary N) is 1. The summed E-state index contributed by atoms with van der Waals surface area (Å²) in [6.45, 7) is 3.64. The third kappa shape index (κ3) is 3.47. The molecule has 88 valence electrons. The van der Waals surface area contributed by atoms with Gasteiger partial charge in [-0.15, -0.1) is 0 Å². The van der Waals surface area contributed by atoms with E-state index in [1.807, 2.05) is 6.92 Å². The topological polar surface area (TPSA) is 41.6 Å². The molecule has 1 fully saturated rings. The summed E-state index contributed by atoms with van der Waals surface area (Å²) in [4.78, 5) is 13.8. The minimum absolute atomic E-state index is 0.201. The van der Waals surface area contributed by atoms with Crippen molar-refractivity contribution in [1.29, 1.82) is 0 Å². The first-order valence-corrected chi connectivity index (χ1v) is 5.47. The first kappa shape index (κ1) is 12.5. The number of rotatable bonds is 6. The van der Waals surface area contributed by atoms with Crippen molar-refractivity contribution in [2.75, 3.05) is 34.3 Å². The first-order valence-electron chi connectivity index (χ1n) is 5.47. The molecule has 0 spiro atoms. The Labute approximate surface area is 92.0 Å². The highest BCUT2D eigenvalue weighted by atomic mass is 16.5. The zero-order valence-corrected chi connectivity index (χ0v) is 10.2. The van der Waals surface area contributed by atoms with Crippen LogP contribution in [0.3, 0.4) is 0 Å². The van der Waals surface area contributed by atoms with Crippen molar-refractivity contribution in [2.45, 2.75) is 25.3 Å². The number of carbonyl (C=O) groups excluding carboxylic acids is 1. The molecule has 1 atom stereocenters. The number of ether oxygens (including phenoxy) is 1. The molecule has 0 bridgehead atoms. The maximum Gasteiger partial charge on any atom is 0.327 e. The van der Waals surface area contributed by atoms with Gasteiger partial charge in [0.15, 0.2) is 0 Å². The predicted octanol–water partition coefficient (Wildman–Crippen LogP) is 0.479. The molecule has 1 aliphatic rings. The largest absolute Gasteiger partial charge is 0.468 e. The number of likely N-dealkylation sites (N-methyl/N-ethyl adjacent to an activating group) is 2. The summed E-state index contributed by atoms with van der Waals surface area (Å²) >= 11 is 0. The Hall–Kier alpha value is -0.610. The summed E-state index contributed by atoms with van der Waals surface area (Å²) in [6, 6.07) is 0. The van der Waals surface area contributed by atoms with Gasteiger partial charge in [0.05, 0.1) is 7.11 Å². The van der Waals surface area contributed by atoms with E-state index in [2.05, 4.69) is 17.3 Å². The van der Waals surface area contributed by atoms with Crippen molar-refractivity contribution in [2.24, 2.45) is 5.92 Å². The van der Waals surface area contributed by atoms with Gasteiger partial charge in [0.2, 0.25) is 0 Å². The van der Waals surface area contributed by atoms with Crippen LogP contribution in [0.1, 0.15) is 19.8 Å². The van der Waals surface area contributed by atoms with Crippen LogP contribution in [0.15, 0.2) is 0 Å². The highest BCUT2D eigenvalue weighted by Gasteiger charge is 2.35. The molecule has 0 aromatic carbocycles. The van der Waals surface area contributed by atoms with Gasteiger partial charge in [-0.05, 0) is 39.8 Å². The van der Waals surface area contributed by atoms with Gasteiger partial charge in [0, 0.05) is 13.1 Å². The molecule has 0 saturated heterocycles. The Balaban J connectivity index is 2.45. The van der Waals surface area contributed by atoms with Gasteiger partial charge in [-0.3, -0.25) is 4.79 Å². The van der Waals surface area contributed by atoms with Crippen molar-refractivity contribution in [1.82, 2.24) is 10.2 Å². The lowest BCUT2D eigenvalue weighted by Gasteiger charge is -2.31. The molecule has 1 saturated carbocycles. The van der Waals surface area contributed by atoms with E-state index in [4.69, 9.17) is 4.74 Å². The van der Waals surface area contributed by atoms with Crippen LogP contribution in [0.25, 0.3) is 0 Å². The molecule has 0 aromatic heterocycles. The molecule has 0 radical (unpaired) electrons. The standard InChI is InChI=1S/C11H22N2O2/c1-11(12-2,10(14)15-4)8-13(3)7-9-5-6-9/h9,12H,5-8H2,1-4H3.